The molecule has 4 rings (SSSR count). The van der Waals surface area contributed by atoms with Gasteiger partial charge in [0.1, 0.15) is 0 Å². The maximum atomic E-state index is 13.1. The van der Waals surface area contributed by atoms with Gasteiger partial charge in [-0.1, -0.05) is 42.0 Å². The quantitative estimate of drug-likeness (QED) is 0.638. The van der Waals surface area contributed by atoms with Crippen LogP contribution in [0, 0.1) is 13.8 Å². The minimum absolute atomic E-state index is 0.117. The van der Waals surface area contributed by atoms with E-state index in [0.717, 1.165) is 24.3 Å². The second kappa shape index (κ2) is 9.04. The molecule has 0 saturated carbocycles. The molecule has 3 aromatic carbocycles. The Hall–Kier alpha value is -3.32. The van der Waals surface area contributed by atoms with Crippen molar-refractivity contribution in [1.82, 2.24) is 4.90 Å². The Labute approximate surface area is 189 Å². The smallest absolute Gasteiger partial charge is 0.262 e. The van der Waals surface area contributed by atoms with E-state index >= 15 is 0 Å². The van der Waals surface area contributed by atoms with Crippen molar-refractivity contribution in [2.24, 2.45) is 0 Å². The number of nitrogens with one attached hydrogen (secondary N) is 1. The van der Waals surface area contributed by atoms with E-state index in [1.165, 1.54) is 6.07 Å². The molecule has 166 valence electrons. The second-order valence-corrected chi connectivity index (χ2v) is 9.72. The van der Waals surface area contributed by atoms with E-state index in [-0.39, 0.29) is 10.8 Å². The lowest BCUT2D eigenvalue weighted by Gasteiger charge is -2.36. The van der Waals surface area contributed by atoms with Gasteiger partial charge in [0.05, 0.1) is 4.90 Å². The topological polar surface area (TPSA) is 69.7 Å². The van der Waals surface area contributed by atoms with Gasteiger partial charge in [-0.05, 0) is 55.8 Å². The zero-order valence-corrected chi connectivity index (χ0v) is 19.1. The monoisotopic (exact) mass is 449 g/mol. The van der Waals surface area contributed by atoms with E-state index in [9.17, 15) is 13.2 Å². The summed E-state index contributed by atoms with van der Waals surface area (Å²) in [5.41, 5.74) is 3.65. The molecule has 0 aliphatic carbocycles. The summed E-state index contributed by atoms with van der Waals surface area (Å²) in [5, 5.41) is 0. The number of carbonyl (C=O) groups is 1. The predicted molar refractivity (Wildman–Crippen MR) is 128 cm³/mol. The summed E-state index contributed by atoms with van der Waals surface area (Å²) >= 11 is 0. The van der Waals surface area contributed by atoms with Crippen molar-refractivity contribution in [3.05, 3.63) is 89.5 Å². The summed E-state index contributed by atoms with van der Waals surface area (Å²) in [5.74, 6) is -0.149. The molecule has 0 atom stereocenters. The molecule has 0 aromatic heterocycles. The number of aryl methyl sites for hydroxylation is 2. The highest BCUT2D eigenvalue weighted by Crippen LogP contribution is 2.23. The number of hydrogen-bond donors (Lipinski definition) is 1. The molecular formula is C25H27N3O3S. The number of benzene rings is 3. The maximum absolute atomic E-state index is 13.1. The van der Waals surface area contributed by atoms with Crippen LogP contribution in [0.5, 0.6) is 0 Å². The first-order chi connectivity index (χ1) is 15.3. The Morgan fingerprint density at radius 2 is 1.50 bits per heavy atom. The largest absolute Gasteiger partial charge is 0.368 e. The summed E-state index contributed by atoms with van der Waals surface area (Å²) in [6.45, 7) is 6.33. The molecule has 0 radical (unpaired) electrons. The Morgan fingerprint density at radius 1 is 0.844 bits per heavy atom. The minimum Gasteiger partial charge on any atom is -0.368 e. The normalized spacial score (nSPS) is 14.3. The first-order valence-corrected chi connectivity index (χ1v) is 12.1. The molecule has 1 amide bonds. The fourth-order valence-corrected chi connectivity index (χ4v) is 5.17. The van der Waals surface area contributed by atoms with Crippen molar-refractivity contribution in [2.75, 3.05) is 35.8 Å². The van der Waals surface area contributed by atoms with E-state index in [1.807, 2.05) is 37.3 Å². The molecule has 7 heteroatoms. The van der Waals surface area contributed by atoms with Crippen molar-refractivity contribution in [1.29, 1.82) is 0 Å². The third kappa shape index (κ3) is 4.78. The standard InChI is InChI=1S/C25H27N3O3S/c1-19-8-12-22(13-9-19)26-32(30,31)24-18-21(11-10-20(24)2)25(29)28-16-14-27(15-17-28)23-6-4-3-5-7-23/h3-13,18,26H,14-17H2,1-2H3. The Morgan fingerprint density at radius 3 is 2.16 bits per heavy atom. The number of carbonyl (C=O) groups excluding carboxylic acids is 1. The van der Waals surface area contributed by atoms with Crippen LogP contribution in [-0.4, -0.2) is 45.4 Å². The molecule has 1 N–H and O–H groups in total. The molecular weight excluding hydrogens is 422 g/mol. The lowest BCUT2D eigenvalue weighted by atomic mass is 10.1. The molecule has 3 aromatic rings. The Bertz CT molecular complexity index is 1200. The lowest BCUT2D eigenvalue weighted by Crippen LogP contribution is -2.48. The summed E-state index contributed by atoms with van der Waals surface area (Å²) in [4.78, 5) is 17.3. The van der Waals surface area contributed by atoms with Crippen LogP contribution in [0.3, 0.4) is 0 Å². The van der Waals surface area contributed by atoms with E-state index in [2.05, 4.69) is 21.8 Å². The number of anilines is 2. The molecule has 32 heavy (non-hydrogen) atoms. The zero-order valence-electron chi connectivity index (χ0n) is 18.3. The highest BCUT2D eigenvalue weighted by Gasteiger charge is 2.25. The number of nitrogens with zero attached hydrogens (tertiary/aromatic N) is 2. The summed E-state index contributed by atoms with van der Waals surface area (Å²) in [6.07, 6.45) is 0. The molecule has 1 fully saturated rings. The number of hydrogen-bond acceptors (Lipinski definition) is 4. The Kier molecular flexibility index (Phi) is 6.19. The molecule has 1 saturated heterocycles. The second-order valence-electron chi connectivity index (χ2n) is 8.07. The van der Waals surface area contributed by atoms with Gasteiger partial charge in [-0.2, -0.15) is 0 Å². The van der Waals surface area contributed by atoms with Gasteiger partial charge in [-0.25, -0.2) is 8.42 Å². The number of rotatable bonds is 5. The van der Waals surface area contributed by atoms with Crippen LogP contribution in [0.1, 0.15) is 21.5 Å². The van der Waals surface area contributed by atoms with Gasteiger partial charge in [0.2, 0.25) is 0 Å². The number of para-hydroxylation sites is 1. The van der Waals surface area contributed by atoms with Crippen LogP contribution in [0.4, 0.5) is 11.4 Å². The minimum atomic E-state index is -3.82. The van der Waals surface area contributed by atoms with Gasteiger partial charge in [0, 0.05) is 43.1 Å². The van der Waals surface area contributed by atoms with Gasteiger partial charge in [0.15, 0.2) is 0 Å². The van der Waals surface area contributed by atoms with Crippen molar-refractivity contribution in [2.45, 2.75) is 18.7 Å². The zero-order chi connectivity index (χ0) is 22.7. The summed E-state index contributed by atoms with van der Waals surface area (Å²) in [7, 11) is -3.82. The van der Waals surface area contributed by atoms with Crippen molar-refractivity contribution in [3.8, 4) is 0 Å². The van der Waals surface area contributed by atoms with Crippen LogP contribution in [0.25, 0.3) is 0 Å². The van der Waals surface area contributed by atoms with E-state index in [1.54, 1.807) is 36.1 Å². The average molecular weight is 450 g/mol. The number of amides is 1. The van der Waals surface area contributed by atoms with Crippen molar-refractivity contribution < 1.29 is 13.2 Å². The fourth-order valence-electron chi connectivity index (χ4n) is 3.84. The fraction of sp³-hybridized carbons (Fsp3) is 0.240. The molecule has 0 unspecified atom stereocenters. The van der Waals surface area contributed by atoms with Gasteiger partial charge in [-0.15, -0.1) is 0 Å². The van der Waals surface area contributed by atoms with Crippen molar-refractivity contribution >= 4 is 27.3 Å². The van der Waals surface area contributed by atoms with E-state index in [4.69, 9.17) is 0 Å². The van der Waals surface area contributed by atoms with Crippen LogP contribution in [0.2, 0.25) is 0 Å². The van der Waals surface area contributed by atoms with Gasteiger partial charge in [0.25, 0.3) is 15.9 Å². The molecule has 6 nitrogen and oxygen atoms in total. The van der Waals surface area contributed by atoms with Crippen LogP contribution < -0.4 is 9.62 Å². The van der Waals surface area contributed by atoms with Crippen LogP contribution in [-0.2, 0) is 10.0 Å². The molecule has 0 spiro atoms. The third-order valence-corrected chi connectivity index (χ3v) is 7.24. The highest BCUT2D eigenvalue weighted by atomic mass is 32.2. The highest BCUT2D eigenvalue weighted by molar-refractivity contribution is 7.92. The van der Waals surface area contributed by atoms with Gasteiger partial charge in [-0.3, -0.25) is 9.52 Å². The predicted octanol–water partition coefficient (Wildman–Crippen LogP) is 4.07. The molecule has 1 aliphatic heterocycles. The van der Waals surface area contributed by atoms with Gasteiger partial charge < -0.3 is 9.80 Å². The average Bonchev–Trinajstić information content (AvgIpc) is 2.81. The van der Waals surface area contributed by atoms with Gasteiger partial charge >= 0.3 is 0 Å². The van der Waals surface area contributed by atoms with E-state index in [0.29, 0.717) is 29.9 Å². The first-order valence-electron chi connectivity index (χ1n) is 10.6. The van der Waals surface area contributed by atoms with Crippen LogP contribution >= 0.6 is 0 Å². The van der Waals surface area contributed by atoms with Crippen molar-refractivity contribution in [3.63, 3.8) is 0 Å². The number of piperazine rings is 1. The molecule has 1 heterocycles. The molecule has 0 bridgehead atoms. The Balaban J connectivity index is 1.49. The number of sulfonamides is 1. The van der Waals surface area contributed by atoms with Crippen LogP contribution in [0.15, 0.2) is 77.7 Å². The SMILES string of the molecule is Cc1ccc(NS(=O)(=O)c2cc(C(=O)N3CCN(c4ccccc4)CC3)ccc2C)cc1. The maximum Gasteiger partial charge on any atom is 0.262 e. The summed E-state index contributed by atoms with van der Waals surface area (Å²) in [6, 6.07) is 22.1. The lowest BCUT2D eigenvalue weighted by molar-refractivity contribution is 0.0746. The molecule has 1 aliphatic rings. The first kappa shape index (κ1) is 21.9. The summed E-state index contributed by atoms with van der Waals surface area (Å²) < 4.78 is 28.6. The van der Waals surface area contributed by atoms with E-state index < -0.39 is 10.0 Å². The third-order valence-electron chi connectivity index (χ3n) is 5.72.